The summed E-state index contributed by atoms with van der Waals surface area (Å²) in [7, 11) is 0. The standard InChI is InChI=1S/C12H12FN3O2/c13-11-7-9(17)1-2-10(11)12(18)15-4-6-16-5-3-14-8-16/h1-3,5,7-8,17H,4,6H2,(H,15,18). The van der Waals surface area contributed by atoms with E-state index in [1.807, 2.05) is 0 Å². The largest absolute Gasteiger partial charge is 0.508 e. The summed E-state index contributed by atoms with van der Waals surface area (Å²) in [6, 6.07) is 3.43. The van der Waals surface area contributed by atoms with Crippen molar-refractivity contribution in [2.45, 2.75) is 6.54 Å². The fourth-order valence-electron chi connectivity index (χ4n) is 1.50. The maximum Gasteiger partial charge on any atom is 0.254 e. The highest BCUT2D eigenvalue weighted by Gasteiger charge is 2.11. The Balaban J connectivity index is 1.91. The molecule has 18 heavy (non-hydrogen) atoms. The molecule has 0 bridgehead atoms. The van der Waals surface area contributed by atoms with Crippen LogP contribution in [0.1, 0.15) is 10.4 Å². The smallest absolute Gasteiger partial charge is 0.254 e. The highest BCUT2D eigenvalue weighted by atomic mass is 19.1. The molecule has 2 N–H and O–H groups in total. The molecule has 1 aromatic heterocycles. The molecule has 0 fully saturated rings. The van der Waals surface area contributed by atoms with E-state index in [1.165, 1.54) is 12.1 Å². The SMILES string of the molecule is O=C(NCCn1ccnc1)c1ccc(O)cc1F. The van der Waals surface area contributed by atoms with Crippen molar-refractivity contribution in [1.29, 1.82) is 0 Å². The van der Waals surface area contributed by atoms with E-state index < -0.39 is 11.7 Å². The van der Waals surface area contributed by atoms with Gasteiger partial charge in [-0.2, -0.15) is 0 Å². The van der Waals surface area contributed by atoms with Crippen LogP contribution in [0.3, 0.4) is 0 Å². The number of carbonyl (C=O) groups excluding carboxylic acids is 1. The molecule has 5 nitrogen and oxygen atoms in total. The van der Waals surface area contributed by atoms with Gasteiger partial charge in [-0.05, 0) is 12.1 Å². The summed E-state index contributed by atoms with van der Waals surface area (Å²) in [5.74, 6) is -1.45. The first-order valence-electron chi connectivity index (χ1n) is 5.39. The number of aromatic nitrogens is 2. The summed E-state index contributed by atoms with van der Waals surface area (Å²) < 4.78 is 15.2. The minimum Gasteiger partial charge on any atom is -0.508 e. The topological polar surface area (TPSA) is 67.2 Å². The average Bonchev–Trinajstić information content (AvgIpc) is 2.81. The molecular weight excluding hydrogens is 237 g/mol. The van der Waals surface area contributed by atoms with Gasteiger partial charge in [-0.3, -0.25) is 4.79 Å². The number of nitrogens with one attached hydrogen (secondary N) is 1. The Hall–Kier alpha value is -2.37. The first-order valence-corrected chi connectivity index (χ1v) is 5.39. The molecular formula is C12H12FN3O2. The third-order valence-corrected chi connectivity index (χ3v) is 2.41. The van der Waals surface area contributed by atoms with Gasteiger partial charge in [-0.25, -0.2) is 9.37 Å². The lowest BCUT2D eigenvalue weighted by Crippen LogP contribution is -2.27. The van der Waals surface area contributed by atoms with E-state index in [2.05, 4.69) is 10.3 Å². The van der Waals surface area contributed by atoms with Crippen molar-refractivity contribution < 1.29 is 14.3 Å². The predicted octanol–water partition coefficient (Wildman–Crippen LogP) is 1.16. The van der Waals surface area contributed by atoms with E-state index in [4.69, 9.17) is 5.11 Å². The Labute approximate surface area is 103 Å². The number of benzene rings is 1. The summed E-state index contributed by atoms with van der Waals surface area (Å²) in [6.07, 6.45) is 5.04. The van der Waals surface area contributed by atoms with Crippen LogP contribution < -0.4 is 5.32 Å². The molecule has 1 heterocycles. The number of carbonyl (C=O) groups is 1. The van der Waals surface area contributed by atoms with E-state index in [-0.39, 0.29) is 11.3 Å². The number of nitrogens with zero attached hydrogens (tertiary/aromatic N) is 2. The summed E-state index contributed by atoms with van der Waals surface area (Å²) in [4.78, 5) is 15.5. The number of aromatic hydroxyl groups is 1. The fraction of sp³-hybridized carbons (Fsp3) is 0.167. The third-order valence-electron chi connectivity index (χ3n) is 2.41. The lowest BCUT2D eigenvalue weighted by Gasteiger charge is -2.06. The van der Waals surface area contributed by atoms with Gasteiger partial charge in [0.15, 0.2) is 0 Å². The zero-order valence-corrected chi connectivity index (χ0v) is 9.51. The minimum absolute atomic E-state index is 0.0848. The lowest BCUT2D eigenvalue weighted by molar-refractivity contribution is 0.0948. The Bertz CT molecular complexity index is 540. The van der Waals surface area contributed by atoms with Crippen molar-refractivity contribution in [3.05, 3.63) is 48.3 Å². The zero-order valence-electron chi connectivity index (χ0n) is 9.51. The Morgan fingerprint density at radius 1 is 1.50 bits per heavy atom. The van der Waals surface area contributed by atoms with Crippen LogP contribution in [0, 0.1) is 5.82 Å². The Morgan fingerprint density at radius 2 is 2.33 bits per heavy atom. The van der Waals surface area contributed by atoms with E-state index in [0.29, 0.717) is 13.1 Å². The summed E-state index contributed by atoms with van der Waals surface area (Å²) in [5, 5.41) is 11.6. The van der Waals surface area contributed by atoms with Crippen molar-refractivity contribution in [2.75, 3.05) is 6.54 Å². The van der Waals surface area contributed by atoms with Gasteiger partial charge in [0.25, 0.3) is 5.91 Å². The van der Waals surface area contributed by atoms with E-state index in [0.717, 1.165) is 6.07 Å². The van der Waals surface area contributed by atoms with Crippen LogP contribution in [0.4, 0.5) is 4.39 Å². The fourth-order valence-corrected chi connectivity index (χ4v) is 1.50. The van der Waals surface area contributed by atoms with Crippen molar-refractivity contribution in [3.8, 4) is 5.75 Å². The molecule has 2 rings (SSSR count). The number of halogens is 1. The molecule has 6 heteroatoms. The van der Waals surface area contributed by atoms with Gasteiger partial charge < -0.3 is 15.0 Å². The van der Waals surface area contributed by atoms with Crippen LogP contribution in [0.15, 0.2) is 36.9 Å². The number of imidazole rings is 1. The van der Waals surface area contributed by atoms with Crippen LogP contribution in [-0.2, 0) is 6.54 Å². The molecule has 0 saturated heterocycles. The molecule has 0 aliphatic rings. The van der Waals surface area contributed by atoms with E-state index >= 15 is 0 Å². The Morgan fingerprint density at radius 3 is 3.00 bits per heavy atom. The number of rotatable bonds is 4. The highest BCUT2D eigenvalue weighted by molar-refractivity contribution is 5.94. The molecule has 0 unspecified atom stereocenters. The van der Waals surface area contributed by atoms with Gasteiger partial charge in [0.05, 0.1) is 11.9 Å². The van der Waals surface area contributed by atoms with Gasteiger partial charge in [0.1, 0.15) is 11.6 Å². The predicted molar refractivity (Wildman–Crippen MR) is 62.6 cm³/mol. The molecule has 0 radical (unpaired) electrons. The second-order valence-corrected chi connectivity index (χ2v) is 3.72. The van der Waals surface area contributed by atoms with Gasteiger partial charge in [0, 0.05) is 31.5 Å². The molecule has 0 saturated carbocycles. The van der Waals surface area contributed by atoms with Crippen molar-refractivity contribution in [1.82, 2.24) is 14.9 Å². The molecule has 0 aliphatic heterocycles. The van der Waals surface area contributed by atoms with Gasteiger partial charge in [0.2, 0.25) is 0 Å². The number of hydrogen-bond donors (Lipinski definition) is 2. The van der Waals surface area contributed by atoms with Crippen LogP contribution >= 0.6 is 0 Å². The van der Waals surface area contributed by atoms with Crippen molar-refractivity contribution >= 4 is 5.91 Å². The summed E-state index contributed by atoms with van der Waals surface area (Å²) in [6.45, 7) is 0.932. The third kappa shape index (κ3) is 2.85. The molecule has 0 atom stereocenters. The number of phenolic OH excluding ortho intramolecular Hbond substituents is 1. The van der Waals surface area contributed by atoms with E-state index in [1.54, 1.807) is 23.3 Å². The van der Waals surface area contributed by atoms with Gasteiger partial charge in [-0.1, -0.05) is 0 Å². The minimum atomic E-state index is -0.741. The molecule has 1 amide bonds. The quantitative estimate of drug-likeness (QED) is 0.854. The van der Waals surface area contributed by atoms with Gasteiger partial charge >= 0.3 is 0 Å². The monoisotopic (exact) mass is 249 g/mol. The van der Waals surface area contributed by atoms with Crippen LogP contribution in [0.2, 0.25) is 0 Å². The zero-order chi connectivity index (χ0) is 13.0. The highest BCUT2D eigenvalue weighted by Crippen LogP contribution is 2.14. The molecule has 0 spiro atoms. The molecule has 1 aromatic carbocycles. The Kier molecular flexibility index (Phi) is 3.57. The molecule has 94 valence electrons. The molecule has 0 aliphatic carbocycles. The maximum atomic E-state index is 13.4. The molecule has 2 aromatic rings. The second kappa shape index (κ2) is 5.31. The first kappa shape index (κ1) is 12.1. The lowest BCUT2D eigenvalue weighted by atomic mass is 10.2. The maximum absolute atomic E-state index is 13.4. The van der Waals surface area contributed by atoms with Crippen LogP contribution in [0.25, 0.3) is 0 Å². The number of hydrogen-bond acceptors (Lipinski definition) is 3. The average molecular weight is 249 g/mol. The van der Waals surface area contributed by atoms with Crippen molar-refractivity contribution in [3.63, 3.8) is 0 Å². The van der Waals surface area contributed by atoms with Crippen LogP contribution in [-0.4, -0.2) is 27.1 Å². The number of phenols is 1. The second-order valence-electron chi connectivity index (χ2n) is 3.72. The van der Waals surface area contributed by atoms with Crippen LogP contribution in [0.5, 0.6) is 5.75 Å². The van der Waals surface area contributed by atoms with Gasteiger partial charge in [-0.15, -0.1) is 0 Å². The summed E-state index contributed by atoms with van der Waals surface area (Å²) in [5.41, 5.74) is -0.0848. The first-order chi connectivity index (χ1) is 8.66. The normalized spacial score (nSPS) is 10.3. The summed E-state index contributed by atoms with van der Waals surface area (Å²) >= 11 is 0. The van der Waals surface area contributed by atoms with Crippen molar-refractivity contribution in [2.24, 2.45) is 0 Å². The number of amides is 1. The van der Waals surface area contributed by atoms with E-state index in [9.17, 15) is 9.18 Å².